The van der Waals surface area contributed by atoms with Crippen LogP contribution in [0.15, 0.2) is 24.3 Å². The molecule has 0 aliphatic carbocycles. The van der Waals surface area contributed by atoms with E-state index in [0.717, 1.165) is 0 Å². The lowest BCUT2D eigenvalue weighted by Crippen LogP contribution is -2.45. The Morgan fingerprint density at radius 3 is 2.53 bits per heavy atom. The van der Waals surface area contributed by atoms with Crippen molar-refractivity contribution in [2.45, 2.75) is 6.04 Å². The van der Waals surface area contributed by atoms with Crippen molar-refractivity contribution in [3.8, 4) is 6.07 Å². The first-order chi connectivity index (χ1) is 9.06. The minimum Gasteiger partial charge on any atom is -0.480 e. The average Bonchev–Trinajstić information content (AvgIpc) is 2.39. The fraction of sp³-hybridized carbons (Fsp3) is 0.250. The Hall–Kier alpha value is -2.59. The van der Waals surface area contributed by atoms with E-state index in [-0.39, 0.29) is 6.61 Å². The lowest BCUT2D eigenvalue weighted by molar-refractivity contribution is -0.140. The van der Waals surface area contributed by atoms with E-state index in [9.17, 15) is 9.59 Å². The van der Waals surface area contributed by atoms with Crippen LogP contribution >= 0.6 is 0 Å². The van der Waals surface area contributed by atoms with E-state index in [0.29, 0.717) is 11.3 Å². The lowest BCUT2D eigenvalue weighted by atomic mass is 10.2. The third-order valence-electron chi connectivity index (χ3n) is 2.21. The summed E-state index contributed by atoms with van der Waals surface area (Å²) in [4.78, 5) is 22.4. The Bertz CT molecular complexity index is 493. The quantitative estimate of drug-likeness (QED) is 0.726. The number of ether oxygens (including phenoxy) is 1. The van der Waals surface area contributed by atoms with Crippen LogP contribution in [0, 0.1) is 11.3 Å². The van der Waals surface area contributed by atoms with Crippen LogP contribution in [0.2, 0.25) is 0 Å². The van der Waals surface area contributed by atoms with E-state index in [1.54, 1.807) is 24.3 Å². The lowest BCUT2D eigenvalue weighted by Gasteiger charge is -2.14. The number of carbonyl (C=O) groups excluding carboxylic acids is 1. The van der Waals surface area contributed by atoms with Gasteiger partial charge < -0.3 is 20.5 Å². The van der Waals surface area contributed by atoms with Gasteiger partial charge in [0.15, 0.2) is 6.04 Å². The van der Waals surface area contributed by atoms with Crippen molar-refractivity contribution in [2.75, 3.05) is 19.0 Å². The third-order valence-corrected chi connectivity index (χ3v) is 2.21. The van der Waals surface area contributed by atoms with Crippen molar-refractivity contribution < 1.29 is 19.4 Å². The zero-order valence-corrected chi connectivity index (χ0v) is 10.2. The van der Waals surface area contributed by atoms with Crippen molar-refractivity contribution in [1.29, 1.82) is 5.26 Å². The van der Waals surface area contributed by atoms with E-state index in [1.165, 1.54) is 7.11 Å². The molecule has 0 aliphatic rings. The molecule has 0 aliphatic heterocycles. The number of methoxy groups -OCH3 is 1. The van der Waals surface area contributed by atoms with E-state index in [4.69, 9.17) is 10.4 Å². The molecule has 0 heterocycles. The standard InChI is InChI=1S/C12H13N3O4/c1-19-7-10(11(16)17)15-12(18)14-9-4-2-8(6-13)3-5-9/h2-5,10H,7H2,1H3,(H,16,17)(H2,14,15,18). The number of carboxylic acid groups (broad SMARTS) is 1. The van der Waals surface area contributed by atoms with Gasteiger partial charge in [-0.1, -0.05) is 0 Å². The number of carboxylic acids is 1. The maximum Gasteiger partial charge on any atom is 0.328 e. The second-order valence-corrected chi connectivity index (χ2v) is 3.63. The van der Waals surface area contributed by atoms with Crippen LogP contribution in [0.3, 0.4) is 0 Å². The van der Waals surface area contributed by atoms with Crippen LogP contribution in [0.25, 0.3) is 0 Å². The highest BCUT2D eigenvalue weighted by Gasteiger charge is 2.19. The van der Waals surface area contributed by atoms with Gasteiger partial charge in [0.1, 0.15) is 0 Å². The number of nitrogens with zero attached hydrogens (tertiary/aromatic N) is 1. The molecule has 3 N–H and O–H groups in total. The van der Waals surface area contributed by atoms with Crippen LogP contribution in [0.5, 0.6) is 0 Å². The molecule has 0 radical (unpaired) electrons. The van der Waals surface area contributed by atoms with Crippen LogP contribution in [-0.4, -0.2) is 36.9 Å². The summed E-state index contributed by atoms with van der Waals surface area (Å²) in [5.41, 5.74) is 0.923. The molecule has 1 rings (SSSR count). The van der Waals surface area contributed by atoms with Gasteiger partial charge in [0, 0.05) is 12.8 Å². The van der Waals surface area contributed by atoms with Crippen molar-refractivity contribution in [1.82, 2.24) is 5.32 Å². The van der Waals surface area contributed by atoms with E-state index < -0.39 is 18.0 Å². The number of carbonyl (C=O) groups is 2. The number of hydrogen-bond acceptors (Lipinski definition) is 4. The summed E-state index contributed by atoms with van der Waals surface area (Å²) < 4.78 is 4.69. The Kier molecular flexibility index (Phi) is 5.32. The molecule has 0 saturated heterocycles. The van der Waals surface area contributed by atoms with Gasteiger partial charge in [-0.2, -0.15) is 5.26 Å². The normalized spacial score (nSPS) is 11.2. The minimum absolute atomic E-state index is 0.129. The summed E-state index contributed by atoms with van der Waals surface area (Å²) in [6.45, 7) is -0.129. The first kappa shape index (κ1) is 14.5. The van der Waals surface area contributed by atoms with Crippen molar-refractivity contribution >= 4 is 17.7 Å². The van der Waals surface area contributed by atoms with Crippen molar-refractivity contribution in [3.63, 3.8) is 0 Å². The zero-order chi connectivity index (χ0) is 14.3. The minimum atomic E-state index is -1.18. The molecule has 0 aromatic heterocycles. The predicted octanol–water partition coefficient (Wildman–Crippen LogP) is 0.779. The third kappa shape index (κ3) is 4.65. The van der Waals surface area contributed by atoms with Gasteiger partial charge in [-0.3, -0.25) is 0 Å². The largest absolute Gasteiger partial charge is 0.480 e. The molecule has 0 bridgehead atoms. The van der Waals surface area contributed by atoms with Crippen LogP contribution < -0.4 is 10.6 Å². The van der Waals surface area contributed by atoms with Gasteiger partial charge in [0.25, 0.3) is 0 Å². The number of urea groups is 1. The van der Waals surface area contributed by atoms with Gasteiger partial charge in [-0.05, 0) is 24.3 Å². The highest BCUT2D eigenvalue weighted by molar-refractivity contribution is 5.92. The summed E-state index contributed by atoms with van der Waals surface area (Å²) in [7, 11) is 1.34. The molecule has 0 saturated carbocycles. The summed E-state index contributed by atoms with van der Waals surface area (Å²) >= 11 is 0. The number of amides is 2. The highest BCUT2D eigenvalue weighted by atomic mass is 16.5. The number of aliphatic carboxylic acids is 1. The smallest absolute Gasteiger partial charge is 0.328 e. The second kappa shape index (κ2) is 6.98. The van der Waals surface area contributed by atoms with Gasteiger partial charge >= 0.3 is 12.0 Å². The molecule has 1 aromatic carbocycles. The van der Waals surface area contributed by atoms with Crippen LogP contribution in [-0.2, 0) is 9.53 Å². The van der Waals surface area contributed by atoms with E-state index in [2.05, 4.69) is 15.4 Å². The van der Waals surface area contributed by atoms with Crippen LogP contribution in [0.1, 0.15) is 5.56 Å². The Morgan fingerprint density at radius 1 is 1.42 bits per heavy atom. The summed E-state index contributed by atoms with van der Waals surface area (Å²) in [6.07, 6.45) is 0. The average molecular weight is 263 g/mol. The second-order valence-electron chi connectivity index (χ2n) is 3.63. The summed E-state index contributed by atoms with van der Waals surface area (Å²) in [6, 6.07) is 6.34. The predicted molar refractivity (Wildman–Crippen MR) is 66.6 cm³/mol. The monoisotopic (exact) mass is 263 g/mol. The van der Waals surface area contributed by atoms with Gasteiger partial charge in [0.2, 0.25) is 0 Å². The highest BCUT2D eigenvalue weighted by Crippen LogP contribution is 2.08. The summed E-state index contributed by atoms with van der Waals surface area (Å²) in [5, 5.41) is 22.2. The Morgan fingerprint density at radius 2 is 2.05 bits per heavy atom. The molecule has 2 amide bonds. The molecule has 1 atom stereocenters. The number of nitrogens with one attached hydrogen (secondary N) is 2. The van der Waals surface area contributed by atoms with Crippen molar-refractivity contribution in [2.24, 2.45) is 0 Å². The fourth-order valence-corrected chi connectivity index (χ4v) is 1.29. The molecular weight excluding hydrogens is 250 g/mol. The molecule has 1 unspecified atom stereocenters. The first-order valence-corrected chi connectivity index (χ1v) is 5.36. The molecule has 7 nitrogen and oxygen atoms in total. The number of nitriles is 1. The van der Waals surface area contributed by atoms with Gasteiger partial charge in [0.05, 0.1) is 18.2 Å². The zero-order valence-electron chi connectivity index (χ0n) is 10.2. The number of anilines is 1. The van der Waals surface area contributed by atoms with Crippen molar-refractivity contribution in [3.05, 3.63) is 29.8 Å². The SMILES string of the molecule is COCC(NC(=O)Nc1ccc(C#N)cc1)C(=O)O. The Labute approximate surface area is 109 Å². The molecule has 100 valence electrons. The maximum atomic E-state index is 11.6. The topological polar surface area (TPSA) is 111 Å². The number of rotatable bonds is 5. The molecule has 7 heteroatoms. The maximum absolute atomic E-state index is 11.6. The molecule has 19 heavy (non-hydrogen) atoms. The van der Waals surface area contributed by atoms with E-state index >= 15 is 0 Å². The summed E-state index contributed by atoms with van der Waals surface area (Å²) in [5.74, 6) is -1.18. The fourth-order valence-electron chi connectivity index (χ4n) is 1.29. The Balaban J connectivity index is 2.58. The van der Waals surface area contributed by atoms with E-state index in [1.807, 2.05) is 6.07 Å². The number of hydrogen-bond donors (Lipinski definition) is 3. The molecular formula is C12H13N3O4. The molecule has 1 aromatic rings. The number of benzene rings is 1. The van der Waals surface area contributed by atoms with Gasteiger partial charge in [-0.25, -0.2) is 9.59 Å². The van der Waals surface area contributed by atoms with Gasteiger partial charge in [-0.15, -0.1) is 0 Å². The van der Waals surface area contributed by atoms with Crippen LogP contribution in [0.4, 0.5) is 10.5 Å². The first-order valence-electron chi connectivity index (χ1n) is 5.36. The molecule has 0 fully saturated rings. The molecule has 0 spiro atoms.